The van der Waals surface area contributed by atoms with E-state index in [0.717, 1.165) is 12.8 Å². The third kappa shape index (κ3) is 13.5. The van der Waals surface area contributed by atoms with Crippen LogP contribution in [0.25, 0.3) is 0 Å². The molecular weight excluding hydrogens is 368 g/mol. The van der Waals surface area contributed by atoms with Crippen molar-refractivity contribution in [2.24, 2.45) is 0 Å². The molecule has 172 valence electrons. The van der Waals surface area contributed by atoms with E-state index < -0.39 is 24.4 Å². The molecule has 0 aromatic heterocycles. The van der Waals surface area contributed by atoms with E-state index in [1.165, 1.54) is 77.0 Å². The summed E-state index contributed by atoms with van der Waals surface area (Å²) in [5, 5.41) is 29.0. The SMILES string of the molecule is CCCCCCC/C=C/CCCCCCCCCOC[C@@H](O)[C@H]1OC[C@H](O)[C@H]1O. The standard InChI is InChI=1S/C24H46O5/c1-2-3-4-5-6-7-8-9-10-11-12-13-14-15-16-17-18-28-19-22(26)24-23(27)21(25)20-29-24/h8-9,21-27H,2-7,10-20H2,1H3/b9-8+/t21-,22+,23+,24+/m0/s1. The third-order valence-electron chi connectivity index (χ3n) is 5.66. The topological polar surface area (TPSA) is 79.2 Å². The largest absolute Gasteiger partial charge is 0.388 e. The van der Waals surface area contributed by atoms with Gasteiger partial charge in [-0.3, -0.25) is 0 Å². The second-order valence-electron chi connectivity index (χ2n) is 8.44. The fourth-order valence-corrected chi connectivity index (χ4v) is 3.72. The minimum absolute atomic E-state index is 0.0678. The monoisotopic (exact) mass is 414 g/mol. The minimum atomic E-state index is -1.03. The molecule has 5 heteroatoms. The van der Waals surface area contributed by atoms with Gasteiger partial charge in [-0.1, -0.05) is 76.9 Å². The van der Waals surface area contributed by atoms with E-state index in [1.807, 2.05) is 0 Å². The lowest BCUT2D eigenvalue weighted by Crippen LogP contribution is -2.40. The van der Waals surface area contributed by atoms with Crippen molar-refractivity contribution in [2.75, 3.05) is 19.8 Å². The summed E-state index contributed by atoms with van der Waals surface area (Å²) in [5.74, 6) is 0. The summed E-state index contributed by atoms with van der Waals surface area (Å²) in [7, 11) is 0. The average Bonchev–Trinajstić information content (AvgIpc) is 3.05. The lowest BCUT2D eigenvalue weighted by atomic mass is 10.1. The molecule has 1 fully saturated rings. The number of aliphatic hydroxyl groups excluding tert-OH is 3. The zero-order chi connectivity index (χ0) is 21.2. The van der Waals surface area contributed by atoms with Gasteiger partial charge in [-0.25, -0.2) is 0 Å². The molecule has 5 nitrogen and oxygen atoms in total. The zero-order valence-corrected chi connectivity index (χ0v) is 18.6. The molecule has 0 unspecified atom stereocenters. The quantitative estimate of drug-likeness (QED) is 0.214. The molecule has 1 saturated heterocycles. The highest BCUT2D eigenvalue weighted by molar-refractivity contribution is 4.87. The highest BCUT2D eigenvalue weighted by Gasteiger charge is 2.39. The van der Waals surface area contributed by atoms with Gasteiger partial charge in [0.1, 0.15) is 24.4 Å². The maximum absolute atomic E-state index is 9.95. The van der Waals surface area contributed by atoms with Crippen LogP contribution in [0.15, 0.2) is 12.2 Å². The van der Waals surface area contributed by atoms with Crippen LogP contribution in [-0.2, 0) is 9.47 Å². The summed E-state index contributed by atoms with van der Waals surface area (Å²) in [6.45, 7) is 3.08. The van der Waals surface area contributed by atoms with Gasteiger partial charge in [0.25, 0.3) is 0 Å². The van der Waals surface area contributed by atoms with E-state index in [9.17, 15) is 15.3 Å². The molecule has 3 N–H and O–H groups in total. The van der Waals surface area contributed by atoms with Gasteiger partial charge in [-0.15, -0.1) is 0 Å². The Balaban J connectivity index is 1.78. The smallest absolute Gasteiger partial charge is 0.114 e. The summed E-state index contributed by atoms with van der Waals surface area (Å²) in [4.78, 5) is 0. The molecule has 4 atom stereocenters. The van der Waals surface area contributed by atoms with Crippen molar-refractivity contribution >= 4 is 0 Å². The molecule has 0 radical (unpaired) electrons. The molecule has 1 rings (SSSR count). The maximum Gasteiger partial charge on any atom is 0.114 e. The molecule has 0 aromatic rings. The maximum atomic E-state index is 9.95. The van der Waals surface area contributed by atoms with Crippen molar-refractivity contribution in [3.63, 3.8) is 0 Å². The molecule has 1 aliphatic rings. The number of hydrogen-bond donors (Lipinski definition) is 3. The van der Waals surface area contributed by atoms with Crippen LogP contribution in [0.1, 0.15) is 96.8 Å². The summed E-state index contributed by atoms with van der Waals surface area (Å²) >= 11 is 0. The van der Waals surface area contributed by atoms with Gasteiger partial charge in [0.05, 0.1) is 13.2 Å². The normalized spacial score (nSPS) is 23.2. The number of aliphatic hydroxyl groups is 3. The van der Waals surface area contributed by atoms with Crippen molar-refractivity contribution in [2.45, 2.75) is 121 Å². The molecule has 0 saturated carbocycles. The van der Waals surface area contributed by atoms with Crippen LogP contribution in [0.5, 0.6) is 0 Å². The van der Waals surface area contributed by atoms with Gasteiger partial charge < -0.3 is 24.8 Å². The number of hydrogen-bond acceptors (Lipinski definition) is 5. The zero-order valence-electron chi connectivity index (χ0n) is 18.6. The van der Waals surface area contributed by atoms with Crippen LogP contribution in [0.3, 0.4) is 0 Å². The van der Waals surface area contributed by atoms with Crippen molar-refractivity contribution in [3.8, 4) is 0 Å². The third-order valence-corrected chi connectivity index (χ3v) is 5.66. The van der Waals surface area contributed by atoms with Gasteiger partial charge in [-0.2, -0.15) is 0 Å². The van der Waals surface area contributed by atoms with E-state index in [-0.39, 0.29) is 13.2 Å². The fraction of sp³-hybridized carbons (Fsp3) is 0.917. The van der Waals surface area contributed by atoms with Crippen LogP contribution in [0.2, 0.25) is 0 Å². The molecule has 0 spiro atoms. The molecule has 0 amide bonds. The Bertz CT molecular complexity index is 387. The van der Waals surface area contributed by atoms with E-state index in [4.69, 9.17) is 9.47 Å². The number of unbranched alkanes of at least 4 members (excludes halogenated alkanes) is 12. The van der Waals surface area contributed by atoms with E-state index in [0.29, 0.717) is 6.61 Å². The van der Waals surface area contributed by atoms with Crippen molar-refractivity contribution < 1.29 is 24.8 Å². The van der Waals surface area contributed by atoms with Gasteiger partial charge in [0.15, 0.2) is 0 Å². The first-order valence-corrected chi connectivity index (χ1v) is 12.0. The van der Waals surface area contributed by atoms with Crippen LogP contribution in [-0.4, -0.2) is 59.6 Å². The lowest BCUT2D eigenvalue weighted by Gasteiger charge is -2.20. The number of ether oxygens (including phenoxy) is 2. The number of rotatable bonds is 19. The Hall–Kier alpha value is -0.460. The average molecular weight is 415 g/mol. The van der Waals surface area contributed by atoms with Crippen molar-refractivity contribution in [1.29, 1.82) is 0 Å². The molecule has 29 heavy (non-hydrogen) atoms. The Labute approximate surface area is 178 Å². The first-order valence-electron chi connectivity index (χ1n) is 12.0. The van der Waals surface area contributed by atoms with Crippen LogP contribution in [0, 0.1) is 0 Å². The molecule has 1 aliphatic heterocycles. The summed E-state index contributed by atoms with van der Waals surface area (Å²) in [6.07, 6.45) is 19.0. The van der Waals surface area contributed by atoms with Crippen molar-refractivity contribution in [3.05, 3.63) is 12.2 Å². The molecule has 0 bridgehead atoms. The predicted octanol–water partition coefficient (Wildman–Crippen LogP) is 4.52. The first kappa shape index (κ1) is 26.6. The van der Waals surface area contributed by atoms with Crippen LogP contribution < -0.4 is 0 Å². The number of allylic oxidation sites excluding steroid dienone is 2. The van der Waals surface area contributed by atoms with E-state index >= 15 is 0 Å². The van der Waals surface area contributed by atoms with Crippen LogP contribution in [0.4, 0.5) is 0 Å². The first-order chi connectivity index (χ1) is 14.2. The second kappa shape index (κ2) is 18.3. The molecule has 1 heterocycles. The van der Waals surface area contributed by atoms with E-state index in [2.05, 4.69) is 19.1 Å². The highest BCUT2D eigenvalue weighted by Crippen LogP contribution is 2.18. The Morgan fingerprint density at radius 3 is 1.97 bits per heavy atom. The second-order valence-corrected chi connectivity index (χ2v) is 8.44. The predicted molar refractivity (Wildman–Crippen MR) is 118 cm³/mol. The summed E-state index contributed by atoms with van der Waals surface area (Å²) in [6, 6.07) is 0. The fourth-order valence-electron chi connectivity index (χ4n) is 3.72. The van der Waals surface area contributed by atoms with Gasteiger partial charge in [0, 0.05) is 6.61 Å². The van der Waals surface area contributed by atoms with E-state index in [1.54, 1.807) is 0 Å². The van der Waals surface area contributed by atoms with Crippen LogP contribution >= 0.6 is 0 Å². The molecule has 0 aromatic carbocycles. The van der Waals surface area contributed by atoms with Gasteiger partial charge in [-0.05, 0) is 32.1 Å². The Kier molecular flexibility index (Phi) is 16.8. The summed E-state index contributed by atoms with van der Waals surface area (Å²) in [5.41, 5.74) is 0. The van der Waals surface area contributed by atoms with Gasteiger partial charge in [0.2, 0.25) is 0 Å². The Morgan fingerprint density at radius 1 is 0.862 bits per heavy atom. The molecule has 0 aliphatic carbocycles. The Morgan fingerprint density at radius 2 is 1.41 bits per heavy atom. The minimum Gasteiger partial charge on any atom is -0.388 e. The van der Waals surface area contributed by atoms with Crippen molar-refractivity contribution in [1.82, 2.24) is 0 Å². The molecular formula is C24H46O5. The lowest BCUT2D eigenvalue weighted by molar-refractivity contribution is -0.0813. The summed E-state index contributed by atoms with van der Waals surface area (Å²) < 4.78 is 10.7. The highest BCUT2D eigenvalue weighted by atomic mass is 16.5. The van der Waals surface area contributed by atoms with Gasteiger partial charge >= 0.3 is 0 Å².